The van der Waals surface area contributed by atoms with Gasteiger partial charge in [-0.15, -0.1) is 0 Å². The molecule has 8 heteroatoms. The van der Waals surface area contributed by atoms with Crippen LogP contribution >= 0.6 is 0 Å². The highest BCUT2D eigenvalue weighted by atomic mass is 16.5. The summed E-state index contributed by atoms with van der Waals surface area (Å²) in [5.74, 6) is 0.291. The Hall–Kier alpha value is -1.93. The molecule has 0 bridgehead atoms. The molecule has 0 aromatic carbocycles. The highest BCUT2D eigenvalue weighted by molar-refractivity contribution is 5.91. The van der Waals surface area contributed by atoms with Crippen LogP contribution in [-0.2, 0) is 9.53 Å². The Morgan fingerprint density at radius 3 is 2.60 bits per heavy atom. The first-order chi connectivity index (χ1) is 12.1. The molecule has 1 unspecified atom stereocenters. The number of carbonyl (C=O) groups is 2. The number of morpholine rings is 1. The number of aromatic nitrogens is 1. The molecule has 8 nitrogen and oxygen atoms in total. The molecule has 0 radical (unpaired) electrons. The van der Waals surface area contributed by atoms with E-state index in [1.165, 1.54) is 0 Å². The van der Waals surface area contributed by atoms with Gasteiger partial charge in [-0.05, 0) is 13.3 Å². The van der Waals surface area contributed by atoms with Crippen LogP contribution in [0.3, 0.4) is 0 Å². The number of piperazine rings is 1. The number of carbonyl (C=O) groups excluding carboxylic acids is 2. The van der Waals surface area contributed by atoms with Crippen molar-refractivity contribution in [1.82, 2.24) is 19.9 Å². The van der Waals surface area contributed by atoms with E-state index >= 15 is 0 Å². The lowest BCUT2D eigenvalue weighted by molar-refractivity contribution is -0.140. The molecule has 2 fully saturated rings. The summed E-state index contributed by atoms with van der Waals surface area (Å²) < 4.78 is 10.7. The number of rotatable bonds is 4. The molecular weight excluding hydrogens is 324 g/mol. The minimum atomic E-state index is -0.134. The van der Waals surface area contributed by atoms with Gasteiger partial charge >= 0.3 is 0 Å². The molecule has 0 spiro atoms. The topological polar surface area (TPSA) is 79.1 Å². The van der Waals surface area contributed by atoms with Crippen molar-refractivity contribution in [3.63, 3.8) is 0 Å². The van der Waals surface area contributed by atoms with E-state index in [9.17, 15) is 9.59 Å². The van der Waals surface area contributed by atoms with Crippen LogP contribution in [0.2, 0.25) is 0 Å². The highest BCUT2D eigenvalue weighted by Gasteiger charge is 2.28. The first-order valence-corrected chi connectivity index (χ1v) is 8.91. The third-order valence-electron chi connectivity index (χ3n) is 4.80. The predicted octanol–water partition coefficient (Wildman–Crippen LogP) is 0.378. The van der Waals surface area contributed by atoms with Crippen molar-refractivity contribution >= 4 is 11.8 Å². The maximum Gasteiger partial charge on any atom is 0.292 e. The third-order valence-corrected chi connectivity index (χ3v) is 4.80. The van der Waals surface area contributed by atoms with E-state index in [1.54, 1.807) is 17.9 Å². The van der Waals surface area contributed by atoms with Crippen LogP contribution in [0.15, 0.2) is 10.6 Å². The first-order valence-electron chi connectivity index (χ1n) is 8.91. The normalized spacial score (nSPS) is 22.2. The van der Waals surface area contributed by atoms with Crippen LogP contribution in [0.4, 0.5) is 0 Å². The molecule has 2 saturated heterocycles. The summed E-state index contributed by atoms with van der Waals surface area (Å²) in [6, 6.07) is 1.65. The number of aryl methyl sites for hydroxylation is 1. The van der Waals surface area contributed by atoms with Crippen LogP contribution in [0.1, 0.15) is 29.6 Å². The molecule has 3 rings (SSSR count). The zero-order valence-electron chi connectivity index (χ0n) is 14.9. The Balaban J connectivity index is 1.46. The first kappa shape index (κ1) is 17.9. The van der Waals surface area contributed by atoms with Crippen molar-refractivity contribution in [3.8, 4) is 0 Å². The molecule has 2 aliphatic rings. The van der Waals surface area contributed by atoms with Gasteiger partial charge in [0, 0.05) is 45.3 Å². The van der Waals surface area contributed by atoms with Crippen LogP contribution in [-0.4, -0.2) is 90.2 Å². The molecular formula is C17H26N4O4. The zero-order chi connectivity index (χ0) is 17.8. The second-order valence-corrected chi connectivity index (χ2v) is 6.64. The van der Waals surface area contributed by atoms with E-state index in [4.69, 9.17) is 9.26 Å². The van der Waals surface area contributed by atoms with Crippen molar-refractivity contribution in [2.24, 2.45) is 0 Å². The quantitative estimate of drug-likeness (QED) is 0.781. The monoisotopic (exact) mass is 350 g/mol. The lowest BCUT2D eigenvalue weighted by Crippen LogP contribution is -2.53. The fourth-order valence-corrected chi connectivity index (χ4v) is 3.21. The minimum Gasteiger partial charge on any atom is -0.375 e. The molecule has 0 aliphatic carbocycles. The summed E-state index contributed by atoms with van der Waals surface area (Å²) in [6.07, 6.45) is 1.07. The summed E-state index contributed by atoms with van der Waals surface area (Å²) in [5.41, 5.74) is 0.698. The van der Waals surface area contributed by atoms with Crippen molar-refractivity contribution in [1.29, 1.82) is 0 Å². The van der Waals surface area contributed by atoms with Crippen LogP contribution in [0, 0.1) is 6.92 Å². The summed E-state index contributed by atoms with van der Waals surface area (Å²) in [6.45, 7) is 8.78. The predicted molar refractivity (Wildman–Crippen MR) is 90.2 cm³/mol. The summed E-state index contributed by atoms with van der Waals surface area (Å²) in [4.78, 5) is 30.6. The second-order valence-electron chi connectivity index (χ2n) is 6.64. The van der Waals surface area contributed by atoms with Crippen LogP contribution in [0.5, 0.6) is 0 Å². The number of hydrogen-bond acceptors (Lipinski definition) is 6. The van der Waals surface area contributed by atoms with E-state index in [-0.39, 0.29) is 23.7 Å². The Kier molecular flexibility index (Phi) is 5.70. The van der Waals surface area contributed by atoms with Gasteiger partial charge in [-0.3, -0.25) is 14.5 Å². The summed E-state index contributed by atoms with van der Waals surface area (Å²) >= 11 is 0. The Labute approximate surface area is 147 Å². The molecule has 0 N–H and O–H groups in total. The highest BCUT2D eigenvalue weighted by Crippen LogP contribution is 2.12. The van der Waals surface area contributed by atoms with E-state index in [0.717, 1.165) is 6.42 Å². The molecule has 138 valence electrons. The second kappa shape index (κ2) is 7.97. The van der Waals surface area contributed by atoms with Crippen molar-refractivity contribution in [2.45, 2.75) is 26.4 Å². The molecule has 2 aliphatic heterocycles. The van der Waals surface area contributed by atoms with Gasteiger partial charge < -0.3 is 19.1 Å². The molecule has 1 aromatic heterocycles. The van der Waals surface area contributed by atoms with Crippen molar-refractivity contribution in [2.75, 3.05) is 52.4 Å². The fourth-order valence-electron chi connectivity index (χ4n) is 3.21. The number of amides is 2. The van der Waals surface area contributed by atoms with Crippen LogP contribution < -0.4 is 0 Å². The molecule has 0 saturated carbocycles. The van der Waals surface area contributed by atoms with E-state index < -0.39 is 0 Å². The molecule has 2 amide bonds. The smallest absolute Gasteiger partial charge is 0.292 e. The van der Waals surface area contributed by atoms with E-state index in [1.807, 2.05) is 4.90 Å². The van der Waals surface area contributed by atoms with E-state index in [0.29, 0.717) is 58.1 Å². The van der Waals surface area contributed by atoms with Gasteiger partial charge in [-0.2, -0.15) is 0 Å². The SMILES string of the molecule is CCC1CN(C(=O)CN2CCN(C(=O)c3cc(C)no3)CC2)CCO1. The minimum absolute atomic E-state index is 0.134. The van der Waals surface area contributed by atoms with Gasteiger partial charge in [-0.1, -0.05) is 12.1 Å². The van der Waals surface area contributed by atoms with Gasteiger partial charge in [-0.25, -0.2) is 0 Å². The third kappa shape index (κ3) is 4.38. The lowest BCUT2D eigenvalue weighted by Gasteiger charge is -2.37. The van der Waals surface area contributed by atoms with E-state index in [2.05, 4.69) is 17.0 Å². The zero-order valence-corrected chi connectivity index (χ0v) is 14.9. The van der Waals surface area contributed by atoms with Crippen molar-refractivity contribution < 1.29 is 18.8 Å². The number of ether oxygens (including phenoxy) is 1. The molecule has 1 aromatic rings. The van der Waals surface area contributed by atoms with Crippen LogP contribution in [0.25, 0.3) is 0 Å². The Bertz CT molecular complexity index is 610. The maximum absolute atomic E-state index is 12.5. The average Bonchev–Trinajstić information content (AvgIpc) is 3.08. The molecule has 3 heterocycles. The molecule has 25 heavy (non-hydrogen) atoms. The Morgan fingerprint density at radius 2 is 1.96 bits per heavy atom. The largest absolute Gasteiger partial charge is 0.375 e. The number of nitrogens with zero attached hydrogens (tertiary/aromatic N) is 4. The standard InChI is InChI=1S/C17H26N4O4/c1-3-14-11-21(8-9-24-14)16(22)12-19-4-6-20(7-5-19)17(23)15-10-13(2)18-25-15/h10,14H,3-9,11-12H2,1-2H3. The molecule has 1 atom stereocenters. The van der Waals surface area contributed by atoms with Gasteiger partial charge in [0.15, 0.2) is 0 Å². The lowest BCUT2D eigenvalue weighted by atomic mass is 10.2. The van der Waals surface area contributed by atoms with Gasteiger partial charge in [0.05, 0.1) is 24.9 Å². The van der Waals surface area contributed by atoms with Gasteiger partial charge in [0.1, 0.15) is 0 Å². The maximum atomic E-state index is 12.5. The van der Waals surface area contributed by atoms with Gasteiger partial charge in [0.25, 0.3) is 5.91 Å². The number of hydrogen-bond donors (Lipinski definition) is 0. The summed E-state index contributed by atoms with van der Waals surface area (Å²) in [7, 11) is 0. The fraction of sp³-hybridized carbons (Fsp3) is 0.706. The van der Waals surface area contributed by atoms with Crippen molar-refractivity contribution in [3.05, 3.63) is 17.5 Å². The average molecular weight is 350 g/mol. The Morgan fingerprint density at radius 1 is 1.20 bits per heavy atom. The summed E-state index contributed by atoms with van der Waals surface area (Å²) in [5, 5.41) is 3.76. The van der Waals surface area contributed by atoms with Gasteiger partial charge in [0.2, 0.25) is 11.7 Å².